The maximum atomic E-state index is 9.17. The molecule has 0 radical (unpaired) electrons. The highest BCUT2D eigenvalue weighted by Crippen LogP contribution is 2.21. The van der Waals surface area contributed by atoms with Crippen molar-refractivity contribution in [2.75, 3.05) is 18.9 Å². The minimum atomic E-state index is 0.180. The molecular weight excluding hydrogens is 248 g/mol. The van der Waals surface area contributed by atoms with Crippen LogP contribution in [0.3, 0.4) is 0 Å². The Bertz CT molecular complexity index is 367. The van der Waals surface area contributed by atoms with Crippen LogP contribution in [0, 0.1) is 0 Å². The second-order valence-electron chi connectivity index (χ2n) is 4.52. The van der Waals surface area contributed by atoms with Crippen molar-refractivity contribution in [2.24, 2.45) is 0 Å². The number of rotatable bonds is 7. The molecule has 0 spiro atoms. The summed E-state index contributed by atoms with van der Waals surface area (Å²) < 4.78 is 0. The predicted molar refractivity (Wildman–Crippen MR) is 77.7 cm³/mol. The largest absolute Gasteiger partial charge is 0.398 e. The summed E-state index contributed by atoms with van der Waals surface area (Å²) in [5.41, 5.74) is 7.56. The van der Waals surface area contributed by atoms with Gasteiger partial charge in [0, 0.05) is 19.1 Å². The number of hydrogen-bond acceptors (Lipinski definition) is 3. The van der Waals surface area contributed by atoms with Crippen molar-refractivity contribution in [3.63, 3.8) is 0 Å². The Morgan fingerprint density at radius 3 is 2.50 bits per heavy atom. The van der Waals surface area contributed by atoms with E-state index in [0.29, 0.717) is 23.3 Å². The zero-order valence-electron chi connectivity index (χ0n) is 11.2. The fraction of sp³-hybridized carbons (Fsp3) is 0.571. The van der Waals surface area contributed by atoms with Gasteiger partial charge >= 0.3 is 0 Å². The van der Waals surface area contributed by atoms with Crippen LogP contribution in [0.1, 0.15) is 32.3 Å². The van der Waals surface area contributed by atoms with Crippen LogP contribution >= 0.6 is 11.6 Å². The molecule has 0 saturated carbocycles. The van der Waals surface area contributed by atoms with Gasteiger partial charge < -0.3 is 10.8 Å². The van der Waals surface area contributed by atoms with Crippen molar-refractivity contribution >= 4 is 17.3 Å². The lowest BCUT2D eigenvalue weighted by Crippen LogP contribution is -2.36. The molecule has 1 aromatic rings. The topological polar surface area (TPSA) is 49.5 Å². The molecule has 0 amide bonds. The molecule has 0 aromatic heterocycles. The SMILES string of the molecule is CCC(CC)N(CCO)Cc1ccc(Cl)c(N)c1. The normalized spacial score (nSPS) is 11.4. The van der Waals surface area contributed by atoms with E-state index in [-0.39, 0.29) is 6.61 Å². The number of benzene rings is 1. The van der Waals surface area contributed by atoms with E-state index in [4.69, 9.17) is 22.4 Å². The zero-order chi connectivity index (χ0) is 13.5. The second kappa shape index (κ2) is 7.62. The number of nitrogens with zero attached hydrogens (tertiary/aromatic N) is 1. The molecule has 102 valence electrons. The lowest BCUT2D eigenvalue weighted by atomic mass is 10.1. The van der Waals surface area contributed by atoms with E-state index in [9.17, 15) is 0 Å². The molecule has 1 rings (SSSR count). The van der Waals surface area contributed by atoms with E-state index in [1.54, 1.807) is 0 Å². The molecule has 0 aliphatic carbocycles. The first-order chi connectivity index (χ1) is 8.62. The average molecular weight is 271 g/mol. The molecule has 0 heterocycles. The van der Waals surface area contributed by atoms with E-state index < -0.39 is 0 Å². The summed E-state index contributed by atoms with van der Waals surface area (Å²) in [5, 5.41) is 9.76. The van der Waals surface area contributed by atoms with Gasteiger partial charge in [-0.05, 0) is 30.5 Å². The first-order valence-corrected chi connectivity index (χ1v) is 6.88. The van der Waals surface area contributed by atoms with Crippen molar-refractivity contribution in [3.05, 3.63) is 28.8 Å². The van der Waals surface area contributed by atoms with Gasteiger partial charge in [-0.3, -0.25) is 4.90 Å². The summed E-state index contributed by atoms with van der Waals surface area (Å²) in [6.45, 7) is 6.02. The van der Waals surface area contributed by atoms with Crippen LogP contribution in [0.2, 0.25) is 5.02 Å². The fourth-order valence-corrected chi connectivity index (χ4v) is 2.37. The third-order valence-corrected chi connectivity index (χ3v) is 3.64. The van der Waals surface area contributed by atoms with Gasteiger partial charge in [0.05, 0.1) is 17.3 Å². The van der Waals surface area contributed by atoms with Crippen molar-refractivity contribution in [2.45, 2.75) is 39.3 Å². The summed E-state index contributed by atoms with van der Waals surface area (Å²) in [6, 6.07) is 6.23. The molecule has 0 bridgehead atoms. The lowest BCUT2D eigenvalue weighted by molar-refractivity contribution is 0.136. The number of nitrogens with two attached hydrogens (primary N) is 1. The second-order valence-corrected chi connectivity index (χ2v) is 4.93. The highest BCUT2D eigenvalue weighted by atomic mass is 35.5. The highest BCUT2D eigenvalue weighted by molar-refractivity contribution is 6.33. The standard InChI is InChI=1S/C14H23ClN2O/c1-3-12(4-2)17(7-8-18)10-11-5-6-13(15)14(16)9-11/h5-6,9,12,18H,3-4,7-8,10,16H2,1-2H3. The molecular formula is C14H23ClN2O. The molecule has 4 heteroatoms. The smallest absolute Gasteiger partial charge is 0.0635 e. The molecule has 18 heavy (non-hydrogen) atoms. The summed E-state index contributed by atoms with van der Waals surface area (Å²) >= 11 is 5.92. The lowest BCUT2D eigenvalue weighted by Gasteiger charge is -2.30. The Morgan fingerprint density at radius 2 is 2.00 bits per heavy atom. The van der Waals surface area contributed by atoms with Crippen LogP contribution < -0.4 is 5.73 Å². The Hall–Kier alpha value is -0.770. The molecule has 3 nitrogen and oxygen atoms in total. The molecule has 0 unspecified atom stereocenters. The van der Waals surface area contributed by atoms with E-state index in [0.717, 1.165) is 24.9 Å². The molecule has 3 N–H and O–H groups in total. The van der Waals surface area contributed by atoms with Gasteiger partial charge in [0.2, 0.25) is 0 Å². The predicted octanol–water partition coefficient (Wildman–Crippen LogP) is 2.91. The number of nitrogen functional groups attached to an aromatic ring is 1. The monoisotopic (exact) mass is 270 g/mol. The number of aliphatic hydroxyl groups excluding tert-OH is 1. The third-order valence-electron chi connectivity index (χ3n) is 3.29. The van der Waals surface area contributed by atoms with Gasteiger partial charge in [-0.15, -0.1) is 0 Å². The number of aliphatic hydroxyl groups is 1. The Morgan fingerprint density at radius 1 is 1.33 bits per heavy atom. The van der Waals surface area contributed by atoms with Crippen LogP contribution in [0.4, 0.5) is 5.69 Å². The Kier molecular flexibility index (Phi) is 6.47. The summed E-state index contributed by atoms with van der Waals surface area (Å²) in [5.74, 6) is 0. The number of anilines is 1. The van der Waals surface area contributed by atoms with E-state index in [1.165, 1.54) is 0 Å². The molecule has 0 aliphatic heterocycles. The Labute approximate surface area is 115 Å². The van der Waals surface area contributed by atoms with Gasteiger partial charge in [0.1, 0.15) is 0 Å². The van der Waals surface area contributed by atoms with Crippen LogP contribution in [0.25, 0.3) is 0 Å². The summed E-state index contributed by atoms with van der Waals surface area (Å²) in [6.07, 6.45) is 2.17. The quantitative estimate of drug-likeness (QED) is 0.749. The Balaban J connectivity index is 2.78. The number of hydrogen-bond donors (Lipinski definition) is 2. The van der Waals surface area contributed by atoms with Gasteiger partial charge in [0.25, 0.3) is 0 Å². The van der Waals surface area contributed by atoms with Crippen molar-refractivity contribution in [3.8, 4) is 0 Å². The molecule has 0 aliphatic rings. The zero-order valence-corrected chi connectivity index (χ0v) is 12.0. The van der Waals surface area contributed by atoms with Crippen LogP contribution in [0.15, 0.2) is 18.2 Å². The van der Waals surface area contributed by atoms with E-state index in [1.807, 2.05) is 18.2 Å². The minimum Gasteiger partial charge on any atom is -0.398 e. The van der Waals surface area contributed by atoms with Crippen molar-refractivity contribution < 1.29 is 5.11 Å². The maximum absolute atomic E-state index is 9.17. The van der Waals surface area contributed by atoms with E-state index in [2.05, 4.69) is 18.7 Å². The average Bonchev–Trinajstić information content (AvgIpc) is 2.35. The van der Waals surface area contributed by atoms with Crippen LogP contribution in [-0.2, 0) is 6.54 Å². The van der Waals surface area contributed by atoms with Gasteiger partial charge in [-0.2, -0.15) is 0 Å². The minimum absolute atomic E-state index is 0.180. The maximum Gasteiger partial charge on any atom is 0.0635 e. The molecule has 0 atom stereocenters. The number of halogens is 1. The molecule has 1 aromatic carbocycles. The van der Waals surface area contributed by atoms with Crippen LogP contribution in [-0.4, -0.2) is 29.2 Å². The first kappa shape index (κ1) is 15.3. The van der Waals surface area contributed by atoms with E-state index >= 15 is 0 Å². The molecule has 0 fully saturated rings. The highest BCUT2D eigenvalue weighted by Gasteiger charge is 2.15. The first-order valence-electron chi connectivity index (χ1n) is 6.51. The van der Waals surface area contributed by atoms with Crippen LogP contribution in [0.5, 0.6) is 0 Å². The van der Waals surface area contributed by atoms with Gasteiger partial charge in [-0.25, -0.2) is 0 Å². The van der Waals surface area contributed by atoms with Crippen molar-refractivity contribution in [1.29, 1.82) is 0 Å². The van der Waals surface area contributed by atoms with Gasteiger partial charge in [-0.1, -0.05) is 31.5 Å². The summed E-state index contributed by atoms with van der Waals surface area (Å²) in [4.78, 5) is 2.29. The fourth-order valence-electron chi connectivity index (χ4n) is 2.25. The van der Waals surface area contributed by atoms with Crippen molar-refractivity contribution in [1.82, 2.24) is 4.90 Å². The summed E-state index contributed by atoms with van der Waals surface area (Å²) in [7, 11) is 0. The molecule has 0 saturated heterocycles. The van der Waals surface area contributed by atoms with Gasteiger partial charge in [0.15, 0.2) is 0 Å². The third kappa shape index (κ3) is 4.16.